The van der Waals surface area contributed by atoms with Gasteiger partial charge in [0.05, 0.1) is 0 Å². The Bertz CT molecular complexity index is 42.7. The van der Waals surface area contributed by atoms with E-state index in [1.54, 1.807) is 6.92 Å². The summed E-state index contributed by atoms with van der Waals surface area (Å²) in [5, 5.41) is 8.55. The average molecular weight is 156 g/mol. The summed E-state index contributed by atoms with van der Waals surface area (Å²) in [5.41, 5.74) is 0. The lowest BCUT2D eigenvalue weighted by atomic mass is 10.5. The van der Waals surface area contributed by atoms with Gasteiger partial charge in [-0.3, -0.25) is 0 Å². The van der Waals surface area contributed by atoms with E-state index in [1.165, 1.54) is 0 Å². The van der Waals surface area contributed by atoms with Crippen LogP contribution in [0.1, 0.15) is 13.3 Å². The SMILES string of the molecule is CCC(O)(S)S.[SiH4]. The van der Waals surface area contributed by atoms with E-state index >= 15 is 0 Å². The second kappa shape index (κ2) is 3.83. The molecule has 7 heavy (non-hydrogen) atoms. The summed E-state index contributed by atoms with van der Waals surface area (Å²) in [6.07, 6.45) is 0.555. The molecule has 46 valence electrons. The molecule has 0 unspecified atom stereocenters. The van der Waals surface area contributed by atoms with Gasteiger partial charge in [0.2, 0.25) is 0 Å². The highest BCUT2D eigenvalue weighted by atomic mass is 32.2. The lowest BCUT2D eigenvalue weighted by Gasteiger charge is -2.09. The Hall–Kier alpha value is 0.877. The highest BCUT2D eigenvalue weighted by molar-refractivity contribution is 8.00. The molecule has 0 fully saturated rings. The fraction of sp³-hybridized carbons (Fsp3) is 1.00. The van der Waals surface area contributed by atoms with E-state index in [0.717, 1.165) is 0 Å². The van der Waals surface area contributed by atoms with Crippen molar-refractivity contribution in [1.29, 1.82) is 0 Å². The molecule has 0 rings (SSSR count). The molecule has 0 aliphatic heterocycles. The van der Waals surface area contributed by atoms with Gasteiger partial charge in [-0.25, -0.2) is 0 Å². The zero-order valence-corrected chi connectivity index (χ0v) is 5.34. The topological polar surface area (TPSA) is 20.2 Å². The Morgan fingerprint density at radius 2 is 1.71 bits per heavy atom. The third-order valence-electron chi connectivity index (χ3n) is 0.474. The minimum atomic E-state index is -1.07. The summed E-state index contributed by atoms with van der Waals surface area (Å²) in [6.45, 7) is 1.81. The number of aliphatic hydroxyl groups is 1. The van der Waals surface area contributed by atoms with Gasteiger partial charge in [0.1, 0.15) is 0 Å². The molecule has 0 bridgehead atoms. The third kappa shape index (κ3) is 10.9. The maximum absolute atomic E-state index is 8.55. The van der Waals surface area contributed by atoms with Gasteiger partial charge < -0.3 is 5.11 Å². The van der Waals surface area contributed by atoms with Gasteiger partial charge in [0.25, 0.3) is 0 Å². The molecule has 1 nitrogen and oxygen atoms in total. The molecule has 0 aromatic carbocycles. The third-order valence-corrected chi connectivity index (χ3v) is 1.11. The van der Waals surface area contributed by atoms with Gasteiger partial charge in [-0.05, 0) is 17.4 Å². The van der Waals surface area contributed by atoms with Crippen LogP contribution in [0.3, 0.4) is 0 Å². The zero-order valence-electron chi connectivity index (χ0n) is 3.55. The summed E-state index contributed by atoms with van der Waals surface area (Å²) >= 11 is 7.35. The van der Waals surface area contributed by atoms with Crippen molar-refractivity contribution in [1.82, 2.24) is 0 Å². The first-order valence-electron chi connectivity index (χ1n) is 1.73. The summed E-state index contributed by atoms with van der Waals surface area (Å²) in [6, 6.07) is 0. The highest BCUT2D eigenvalue weighted by Crippen LogP contribution is 2.17. The zero-order chi connectivity index (χ0) is 5.21. The fourth-order valence-electron chi connectivity index (χ4n) is 0. The van der Waals surface area contributed by atoms with Crippen molar-refractivity contribution in [2.75, 3.05) is 0 Å². The van der Waals surface area contributed by atoms with Gasteiger partial charge in [-0.1, -0.05) is 6.92 Å². The normalized spacial score (nSPS) is 10.3. The molecule has 1 N–H and O–H groups in total. The maximum atomic E-state index is 8.55. The van der Waals surface area contributed by atoms with Crippen LogP contribution < -0.4 is 0 Å². The number of hydrogen-bond acceptors (Lipinski definition) is 3. The first-order valence-corrected chi connectivity index (χ1v) is 2.63. The summed E-state index contributed by atoms with van der Waals surface area (Å²) < 4.78 is -1.07. The van der Waals surface area contributed by atoms with E-state index in [-0.39, 0.29) is 11.0 Å². The van der Waals surface area contributed by atoms with Crippen molar-refractivity contribution in [2.45, 2.75) is 17.6 Å². The van der Waals surface area contributed by atoms with Crippen LogP contribution in [0.2, 0.25) is 0 Å². The summed E-state index contributed by atoms with van der Waals surface area (Å²) in [5.74, 6) is 0. The van der Waals surface area contributed by atoms with E-state index in [2.05, 4.69) is 25.3 Å². The van der Waals surface area contributed by atoms with Crippen LogP contribution in [0.15, 0.2) is 0 Å². The predicted octanol–water partition coefficient (Wildman–Crippen LogP) is -0.550. The van der Waals surface area contributed by atoms with Gasteiger partial charge >= 0.3 is 0 Å². The van der Waals surface area contributed by atoms with Gasteiger partial charge in [0.15, 0.2) is 4.27 Å². The van der Waals surface area contributed by atoms with Crippen LogP contribution >= 0.6 is 25.3 Å². The molecule has 0 aromatic heterocycles. The van der Waals surface area contributed by atoms with Crippen LogP contribution in [-0.4, -0.2) is 20.3 Å². The standard InChI is InChI=1S/C3H8OS2.H4Si/c1-2-3(4,5)6;/h4-6H,2H2,1H3;1H4. The molecule has 0 aliphatic rings. The van der Waals surface area contributed by atoms with Crippen molar-refractivity contribution in [3.63, 3.8) is 0 Å². The van der Waals surface area contributed by atoms with E-state index < -0.39 is 4.27 Å². The summed E-state index contributed by atoms with van der Waals surface area (Å²) in [4.78, 5) is 0. The minimum absolute atomic E-state index is 0. The Kier molecular flexibility index (Phi) is 5.90. The van der Waals surface area contributed by atoms with Crippen LogP contribution in [0.5, 0.6) is 0 Å². The molecule has 0 atom stereocenters. The van der Waals surface area contributed by atoms with Crippen molar-refractivity contribution < 1.29 is 5.11 Å². The van der Waals surface area contributed by atoms with E-state index in [0.29, 0.717) is 6.42 Å². The maximum Gasteiger partial charge on any atom is 0.151 e. The van der Waals surface area contributed by atoms with Crippen LogP contribution in [0, 0.1) is 0 Å². The Labute approximate surface area is 59.3 Å². The van der Waals surface area contributed by atoms with E-state index in [9.17, 15) is 0 Å². The van der Waals surface area contributed by atoms with Crippen LogP contribution in [0.4, 0.5) is 0 Å². The smallest absolute Gasteiger partial charge is 0.151 e. The first kappa shape index (κ1) is 10.8. The first-order chi connectivity index (χ1) is 2.56. The molecular formula is C3H12OS2Si. The number of hydrogen-bond donors (Lipinski definition) is 3. The minimum Gasteiger partial charge on any atom is -0.371 e. The van der Waals surface area contributed by atoms with Crippen molar-refractivity contribution in [2.24, 2.45) is 0 Å². The summed E-state index contributed by atoms with van der Waals surface area (Å²) in [7, 11) is 0. The average Bonchev–Trinajstić information content (AvgIpc) is 1.35. The van der Waals surface area contributed by atoms with Crippen LogP contribution in [-0.2, 0) is 0 Å². The molecule has 0 aliphatic carbocycles. The number of rotatable bonds is 1. The van der Waals surface area contributed by atoms with Crippen molar-refractivity contribution >= 4 is 36.2 Å². The molecule has 4 heteroatoms. The monoisotopic (exact) mass is 156 g/mol. The van der Waals surface area contributed by atoms with Gasteiger partial charge in [-0.15, -0.1) is 25.3 Å². The van der Waals surface area contributed by atoms with E-state index in [1.807, 2.05) is 0 Å². The molecule has 0 spiro atoms. The quantitative estimate of drug-likeness (QED) is 0.264. The highest BCUT2D eigenvalue weighted by Gasteiger charge is 2.08. The Morgan fingerprint density at radius 3 is 1.71 bits per heavy atom. The lowest BCUT2D eigenvalue weighted by molar-refractivity contribution is 0.231. The predicted molar refractivity (Wildman–Crippen MR) is 44.5 cm³/mol. The second-order valence-corrected chi connectivity index (χ2v) is 2.96. The second-order valence-electron chi connectivity index (χ2n) is 1.13. The molecule has 0 aromatic rings. The molecule has 0 heterocycles. The van der Waals surface area contributed by atoms with Crippen molar-refractivity contribution in [3.8, 4) is 0 Å². The molecule has 0 amide bonds. The lowest BCUT2D eigenvalue weighted by Crippen LogP contribution is -2.07. The fourth-order valence-corrected chi connectivity index (χ4v) is 0. The molecule has 0 radical (unpaired) electrons. The number of thiol groups is 2. The Balaban J connectivity index is 0. The van der Waals surface area contributed by atoms with Crippen LogP contribution in [0.25, 0.3) is 0 Å². The Morgan fingerprint density at radius 1 is 1.57 bits per heavy atom. The molecular weight excluding hydrogens is 144 g/mol. The van der Waals surface area contributed by atoms with E-state index in [4.69, 9.17) is 5.11 Å². The molecule has 0 saturated carbocycles. The van der Waals surface area contributed by atoms with Gasteiger partial charge in [0, 0.05) is 0 Å². The largest absolute Gasteiger partial charge is 0.371 e. The van der Waals surface area contributed by atoms with Gasteiger partial charge in [-0.2, -0.15) is 0 Å². The van der Waals surface area contributed by atoms with Crippen molar-refractivity contribution in [3.05, 3.63) is 0 Å². The molecule has 0 saturated heterocycles.